The number of nitrogens with one attached hydrogen (secondary N) is 1. The molecule has 0 saturated carbocycles. The van der Waals surface area contributed by atoms with Crippen LogP contribution in [0.1, 0.15) is 38.2 Å². The Morgan fingerprint density at radius 1 is 1.37 bits per heavy atom. The normalized spacial score (nSPS) is 21.2. The first-order chi connectivity index (χ1) is 9.38. The molecule has 1 unspecified atom stereocenters. The Bertz CT molecular complexity index is 339. The molecule has 106 valence electrons. The van der Waals surface area contributed by atoms with Gasteiger partial charge in [-0.3, -0.25) is 4.98 Å². The molecule has 0 radical (unpaired) electrons. The fourth-order valence-corrected chi connectivity index (χ4v) is 2.87. The van der Waals surface area contributed by atoms with E-state index in [9.17, 15) is 0 Å². The highest BCUT2D eigenvalue weighted by atomic mass is 15.1. The van der Waals surface area contributed by atoms with Crippen LogP contribution in [0.5, 0.6) is 0 Å². The summed E-state index contributed by atoms with van der Waals surface area (Å²) in [6.45, 7) is 7.16. The third-order valence-corrected chi connectivity index (χ3v) is 3.93. The molecule has 0 amide bonds. The Morgan fingerprint density at radius 3 is 3.11 bits per heavy atom. The van der Waals surface area contributed by atoms with E-state index in [4.69, 9.17) is 0 Å². The van der Waals surface area contributed by atoms with Crippen molar-refractivity contribution in [2.24, 2.45) is 0 Å². The molecule has 0 bridgehead atoms. The van der Waals surface area contributed by atoms with Crippen molar-refractivity contribution in [2.45, 2.75) is 45.1 Å². The second-order valence-electron chi connectivity index (χ2n) is 5.53. The van der Waals surface area contributed by atoms with Crippen molar-refractivity contribution in [3.05, 3.63) is 30.1 Å². The van der Waals surface area contributed by atoms with Crippen molar-refractivity contribution >= 4 is 0 Å². The zero-order valence-electron chi connectivity index (χ0n) is 12.1. The highest BCUT2D eigenvalue weighted by Gasteiger charge is 2.15. The molecule has 2 heterocycles. The van der Waals surface area contributed by atoms with Gasteiger partial charge < -0.3 is 10.2 Å². The zero-order chi connectivity index (χ0) is 13.3. The molecule has 1 aliphatic rings. The number of hydrogen-bond donors (Lipinski definition) is 1. The van der Waals surface area contributed by atoms with Crippen molar-refractivity contribution in [2.75, 3.05) is 26.2 Å². The molecule has 19 heavy (non-hydrogen) atoms. The summed E-state index contributed by atoms with van der Waals surface area (Å²) in [6.07, 6.45) is 10.1. The molecular weight excluding hydrogens is 234 g/mol. The Balaban J connectivity index is 1.66. The van der Waals surface area contributed by atoms with Crippen LogP contribution in [0.2, 0.25) is 0 Å². The van der Waals surface area contributed by atoms with E-state index >= 15 is 0 Å². The van der Waals surface area contributed by atoms with Gasteiger partial charge in [-0.2, -0.15) is 0 Å². The number of pyridine rings is 1. The van der Waals surface area contributed by atoms with Gasteiger partial charge in [-0.25, -0.2) is 0 Å². The lowest BCUT2D eigenvalue weighted by Gasteiger charge is -2.19. The minimum absolute atomic E-state index is 0.707. The molecule has 1 aliphatic heterocycles. The summed E-state index contributed by atoms with van der Waals surface area (Å²) in [5.41, 5.74) is 1.33. The summed E-state index contributed by atoms with van der Waals surface area (Å²) < 4.78 is 0. The second kappa shape index (κ2) is 8.28. The topological polar surface area (TPSA) is 28.2 Å². The number of likely N-dealkylation sites (tertiary alicyclic amines) is 1. The molecule has 2 rings (SSSR count). The van der Waals surface area contributed by atoms with Crippen LogP contribution in [0.3, 0.4) is 0 Å². The fraction of sp³-hybridized carbons (Fsp3) is 0.688. The lowest BCUT2D eigenvalue weighted by molar-refractivity contribution is 0.283. The van der Waals surface area contributed by atoms with Gasteiger partial charge in [0.05, 0.1) is 0 Å². The van der Waals surface area contributed by atoms with Crippen LogP contribution >= 0.6 is 0 Å². The summed E-state index contributed by atoms with van der Waals surface area (Å²) in [4.78, 5) is 6.77. The Hall–Kier alpha value is -0.930. The third-order valence-electron chi connectivity index (χ3n) is 3.93. The molecule has 1 fully saturated rings. The van der Waals surface area contributed by atoms with Gasteiger partial charge in [0.15, 0.2) is 0 Å². The van der Waals surface area contributed by atoms with Crippen LogP contribution in [0, 0.1) is 0 Å². The van der Waals surface area contributed by atoms with Gasteiger partial charge >= 0.3 is 0 Å². The summed E-state index contributed by atoms with van der Waals surface area (Å²) in [6, 6.07) is 4.88. The van der Waals surface area contributed by atoms with E-state index in [0.29, 0.717) is 6.04 Å². The van der Waals surface area contributed by atoms with Crippen LogP contribution in [-0.4, -0.2) is 42.1 Å². The molecule has 1 atom stereocenters. The molecule has 0 spiro atoms. The standard InChI is InChI=1S/C16H27N3/c1-2-11-19-12-4-6-16(8-13-19)18-10-7-15-5-3-9-17-14-15/h3,5,9,14,16,18H,2,4,6-8,10-13H2,1H3. The summed E-state index contributed by atoms with van der Waals surface area (Å²) in [7, 11) is 0. The maximum atomic E-state index is 4.16. The largest absolute Gasteiger partial charge is 0.314 e. The van der Waals surface area contributed by atoms with Gasteiger partial charge in [-0.05, 0) is 69.9 Å². The molecule has 1 N–H and O–H groups in total. The number of aromatic nitrogens is 1. The van der Waals surface area contributed by atoms with Crippen LogP contribution in [0.25, 0.3) is 0 Å². The van der Waals surface area contributed by atoms with Gasteiger partial charge in [-0.1, -0.05) is 13.0 Å². The van der Waals surface area contributed by atoms with Crippen LogP contribution in [0.15, 0.2) is 24.5 Å². The average Bonchev–Trinajstić information content (AvgIpc) is 2.66. The minimum atomic E-state index is 0.707. The first-order valence-corrected chi connectivity index (χ1v) is 7.73. The first kappa shape index (κ1) is 14.5. The van der Waals surface area contributed by atoms with E-state index in [2.05, 4.69) is 28.2 Å². The van der Waals surface area contributed by atoms with Gasteiger partial charge in [-0.15, -0.1) is 0 Å². The van der Waals surface area contributed by atoms with Crippen LogP contribution < -0.4 is 5.32 Å². The maximum Gasteiger partial charge on any atom is 0.0300 e. The molecule has 0 aromatic carbocycles. The van der Waals surface area contributed by atoms with Crippen LogP contribution in [0.4, 0.5) is 0 Å². The van der Waals surface area contributed by atoms with Gasteiger partial charge in [0.1, 0.15) is 0 Å². The van der Waals surface area contributed by atoms with E-state index in [1.165, 1.54) is 50.9 Å². The first-order valence-electron chi connectivity index (χ1n) is 7.73. The lowest BCUT2D eigenvalue weighted by Crippen LogP contribution is -2.32. The van der Waals surface area contributed by atoms with Crippen molar-refractivity contribution in [3.8, 4) is 0 Å². The monoisotopic (exact) mass is 261 g/mol. The Kier molecular flexibility index (Phi) is 6.31. The molecule has 1 aromatic heterocycles. The van der Waals surface area contributed by atoms with E-state index in [1.807, 2.05) is 18.5 Å². The van der Waals surface area contributed by atoms with Gasteiger partial charge in [0.25, 0.3) is 0 Å². The number of rotatable bonds is 6. The van der Waals surface area contributed by atoms with Crippen molar-refractivity contribution in [3.63, 3.8) is 0 Å². The van der Waals surface area contributed by atoms with Gasteiger partial charge in [0.2, 0.25) is 0 Å². The minimum Gasteiger partial charge on any atom is -0.314 e. The molecule has 3 nitrogen and oxygen atoms in total. The summed E-state index contributed by atoms with van der Waals surface area (Å²) >= 11 is 0. The molecule has 3 heteroatoms. The van der Waals surface area contributed by atoms with E-state index in [0.717, 1.165) is 13.0 Å². The summed E-state index contributed by atoms with van der Waals surface area (Å²) in [5, 5.41) is 3.72. The predicted molar refractivity (Wildman–Crippen MR) is 80.3 cm³/mol. The highest BCUT2D eigenvalue weighted by Crippen LogP contribution is 2.11. The Labute approximate surface area is 117 Å². The number of nitrogens with zero attached hydrogens (tertiary/aromatic N) is 2. The Morgan fingerprint density at radius 2 is 2.32 bits per heavy atom. The molecule has 1 aromatic rings. The predicted octanol–water partition coefficient (Wildman–Crippen LogP) is 2.48. The molecule has 1 saturated heterocycles. The average molecular weight is 261 g/mol. The SMILES string of the molecule is CCCN1CCCC(NCCc2cccnc2)CC1. The summed E-state index contributed by atoms with van der Waals surface area (Å²) in [5.74, 6) is 0. The van der Waals surface area contributed by atoms with Crippen LogP contribution in [-0.2, 0) is 6.42 Å². The van der Waals surface area contributed by atoms with Crippen molar-refractivity contribution in [1.29, 1.82) is 0 Å². The smallest absolute Gasteiger partial charge is 0.0300 e. The third kappa shape index (κ3) is 5.29. The second-order valence-corrected chi connectivity index (χ2v) is 5.53. The maximum absolute atomic E-state index is 4.16. The van der Waals surface area contributed by atoms with Crippen molar-refractivity contribution in [1.82, 2.24) is 15.2 Å². The highest BCUT2D eigenvalue weighted by molar-refractivity contribution is 5.08. The zero-order valence-corrected chi connectivity index (χ0v) is 12.1. The fourth-order valence-electron chi connectivity index (χ4n) is 2.87. The van der Waals surface area contributed by atoms with E-state index in [1.54, 1.807) is 0 Å². The quantitative estimate of drug-likeness (QED) is 0.852. The van der Waals surface area contributed by atoms with Crippen molar-refractivity contribution < 1.29 is 0 Å². The molecular formula is C16H27N3. The lowest BCUT2D eigenvalue weighted by atomic mass is 10.1. The van der Waals surface area contributed by atoms with E-state index in [-0.39, 0.29) is 0 Å². The number of hydrogen-bond acceptors (Lipinski definition) is 3. The van der Waals surface area contributed by atoms with Gasteiger partial charge in [0, 0.05) is 18.4 Å². The molecule has 0 aliphatic carbocycles. The van der Waals surface area contributed by atoms with E-state index < -0.39 is 0 Å².